The summed E-state index contributed by atoms with van der Waals surface area (Å²) in [5.74, 6) is 6.36. The summed E-state index contributed by atoms with van der Waals surface area (Å²) >= 11 is 0. The second-order valence-electron chi connectivity index (χ2n) is 5.16. The summed E-state index contributed by atoms with van der Waals surface area (Å²) in [6, 6.07) is 0. The van der Waals surface area contributed by atoms with Gasteiger partial charge in [0.25, 0.3) is 0 Å². The van der Waals surface area contributed by atoms with Crippen LogP contribution in [0, 0.1) is 17.8 Å². The molecule has 0 aromatic carbocycles. The Morgan fingerprint density at radius 3 is 2.69 bits per heavy atom. The van der Waals surface area contributed by atoms with Crippen molar-refractivity contribution in [2.45, 2.75) is 46.1 Å². The Morgan fingerprint density at radius 2 is 2.12 bits per heavy atom. The van der Waals surface area contributed by atoms with Gasteiger partial charge < -0.3 is 9.64 Å². The van der Waals surface area contributed by atoms with Crippen molar-refractivity contribution in [3.63, 3.8) is 0 Å². The highest BCUT2D eigenvalue weighted by molar-refractivity contribution is 5.68. The van der Waals surface area contributed by atoms with E-state index in [0.29, 0.717) is 12.5 Å². The number of likely N-dealkylation sites (tertiary alicyclic amines) is 1. The Hall–Kier alpha value is -1.17. The number of rotatable bonds is 0. The zero-order chi connectivity index (χ0) is 12.2. The van der Waals surface area contributed by atoms with E-state index in [9.17, 15) is 4.79 Å². The molecule has 0 aromatic rings. The van der Waals surface area contributed by atoms with Gasteiger partial charge in [-0.3, -0.25) is 0 Å². The highest BCUT2D eigenvalue weighted by Crippen LogP contribution is 2.18. The molecule has 0 aliphatic carbocycles. The van der Waals surface area contributed by atoms with Gasteiger partial charge in [0.1, 0.15) is 5.60 Å². The number of hydrogen-bond acceptors (Lipinski definition) is 2. The maximum absolute atomic E-state index is 11.8. The minimum absolute atomic E-state index is 0.213. The van der Waals surface area contributed by atoms with Crippen LogP contribution in [-0.4, -0.2) is 29.7 Å². The number of nitrogens with zero attached hydrogens (tertiary/aromatic N) is 1. The molecule has 0 N–H and O–H groups in total. The van der Waals surface area contributed by atoms with Crippen LogP contribution in [0.4, 0.5) is 4.79 Å². The lowest BCUT2D eigenvalue weighted by Crippen LogP contribution is -2.42. The number of carbonyl (C=O) groups excluding carboxylic acids is 1. The predicted molar refractivity (Wildman–Crippen MR) is 64.0 cm³/mol. The molecular weight excluding hydrogens is 202 g/mol. The topological polar surface area (TPSA) is 29.5 Å². The molecule has 1 rings (SSSR count). The van der Waals surface area contributed by atoms with Crippen LogP contribution in [-0.2, 0) is 4.74 Å². The first-order valence-corrected chi connectivity index (χ1v) is 5.82. The van der Waals surface area contributed by atoms with Crippen molar-refractivity contribution in [2.75, 3.05) is 13.1 Å². The predicted octanol–water partition coefficient (Wildman–Crippen LogP) is 2.66. The highest BCUT2D eigenvalue weighted by atomic mass is 16.6. The lowest BCUT2D eigenvalue weighted by Gasteiger charge is -2.32. The second-order valence-corrected chi connectivity index (χ2v) is 5.16. The van der Waals surface area contributed by atoms with Crippen LogP contribution in [0.1, 0.15) is 40.5 Å². The van der Waals surface area contributed by atoms with Gasteiger partial charge >= 0.3 is 6.09 Å². The molecule has 90 valence electrons. The third-order valence-electron chi connectivity index (χ3n) is 2.42. The largest absolute Gasteiger partial charge is 0.444 e. The normalized spacial score (nSPS) is 21.0. The SMILES string of the molecule is CC#C[C@@H]1CCCN(C(=O)OC(C)(C)C)C1. The minimum Gasteiger partial charge on any atom is -0.444 e. The van der Waals surface area contributed by atoms with Crippen LogP contribution in [0.25, 0.3) is 0 Å². The van der Waals surface area contributed by atoms with Crippen LogP contribution in [0.3, 0.4) is 0 Å². The van der Waals surface area contributed by atoms with E-state index in [1.54, 1.807) is 4.90 Å². The van der Waals surface area contributed by atoms with Gasteiger partial charge in [-0.2, -0.15) is 0 Å². The van der Waals surface area contributed by atoms with Gasteiger partial charge in [-0.05, 0) is 40.5 Å². The molecule has 1 aliphatic rings. The molecule has 0 bridgehead atoms. The molecule has 1 fully saturated rings. The number of piperidine rings is 1. The molecule has 3 heteroatoms. The molecule has 0 saturated carbocycles. The van der Waals surface area contributed by atoms with E-state index in [0.717, 1.165) is 19.4 Å². The molecule has 0 aromatic heterocycles. The van der Waals surface area contributed by atoms with Crippen LogP contribution >= 0.6 is 0 Å². The van der Waals surface area contributed by atoms with E-state index in [2.05, 4.69) is 11.8 Å². The van der Waals surface area contributed by atoms with Crippen LogP contribution in [0.2, 0.25) is 0 Å². The monoisotopic (exact) mass is 223 g/mol. The van der Waals surface area contributed by atoms with E-state index in [4.69, 9.17) is 4.74 Å². The zero-order valence-electron chi connectivity index (χ0n) is 10.7. The van der Waals surface area contributed by atoms with Gasteiger partial charge in [-0.15, -0.1) is 5.92 Å². The van der Waals surface area contributed by atoms with E-state index < -0.39 is 5.60 Å². The smallest absolute Gasteiger partial charge is 0.410 e. The Bertz CT molecular complexity index is 306. The van der Waals surface area contributed by atoms with Crippen molar-refractivity contribution in [1.29, 1.82) is 0 Å². The molecule has 0 unspecified atom stereocenters. The van der Waals surface area contributed by atoms with Crippen molar-refractivity contribution in [3.05, 3.63) is 0 Å². The van der Waals surface area contributed by atoms with Crippen molar-refractivity contribution < 1.29 is 9.53 Å². The molecule has 0 spiro atoms. The molecule has 16 heavy (non-hydrogen) atoms. The Morgan fingerprint density at radius 1 is 1.44 bits per heavy atom. The molecular formula is C13H21NO2. The van der Waals surface area contributed by atoms with E-state index in [-0.39, 0.29) is 6.09 Å². The third kappa shape index (κ3) is 4.14. The average molecular weight is 223 g/mol. The Kier molecular flexibility index (Phi) is 4.23. The summed E-state index contributed by atoms with van der Waals surface area (Å²) in [4.78, 5) is 13.6. The first kappa shape index (κ1) is 12.9. The summed E-state index contributed by atoms with van der Waals surface area (Å²) in [6.45, 7) is 8.99. The van der Waals surface area contributed by atoms with Gasteiger partial charge in [0, 0.05) is 19.0 Å². The lowest BCUT2D eigenvalue weighted by molar-refractivity contribution is 0.0190. The third-order valence-corrected chi connectivity index (χ3v) is 2.42. The summed E-state index contributed by atoms with van der Waals surface area (Å²) in [7, 11) is 0. The Balaban J connectivity index is 2.52. The summed E-state index contributed by atoms with van der Waals surface area (Å²) in [5.41, 5.74) is -0.416. The number of amides is 1. The molecule has 1 amide bonds. The average Bonchev–Trinajstić information content (AvgIpc) is 2.16. The first-order chi connectivity index (χ1) is 7.42. The number of ether oxygens (including phenoxy) is 1. The fourth-order valence-corrected chi connectivity index (χ4v) is 1.79. The molecule has 3 nitrogen and oxygen atoms in total. The fourth-order valence-electron chi connectivity index (χ4n) is 1.79. The maximum Gasteiger partial charge on any atom is 0.410 e. The summed E-state index contributed by atoms with van der Waals surface area (Å²) in [6.07, 6.45) is 1.88. The van der Waals surface area contributed by atoms with Crippen molar-refractivity contribution in [3.8, 4) is 11.8 Å². The summed E-state index contributed by atoms with van der Waals surface area (Å²) < 4.78 is 5.34. The van der Waals surface area contributed by atoms with E-state index in [1.807, 2.05) is 27.7 Å². The van der Waals surface area contributed by atoms with Crippen LogP contribution in [0.15, 0.2) is 0 Å². The lowest BCUT2D eigenvalue weighted by atomic mass is 9.99. The molecule has 1 heterocycles. The zero-order valence-corrected chi connectivity index (χ0v) is 10.7. The minimum atomic E-state index is -0.416. The van der Waals surface area contributed by atoms with Crippen molar-refractivity contribution >= 4 is 6.09 Å². The quantitative estimate of drug-likeness (QED) is 0.591. The molecule has 0 radical (unpaired) electrons. The van der Waals surface area contributed by atoms with E-state index in [1.165, 1.54) is 0 Å². The second kappa shape index (κ2) is 5.25. The maximum atomic E-state index is 11.8. The summed E-state index contributed by atoms with van der Waals surface area (Å²) in [5, 5.41) is 0. The fraction of sp³-hybridized carbons (Fsp3) is 0.769. The van der Waals surface area contributed by atoms with Gasteiger partial charge in [0.15, 0.2) is 0 Å². The number of hydrogen-bond donors (Lipinski definition) is 0. The molecule has 1 saturated heterocycles. The molecule has 1 atom stereocenters. The van der Waals surface area contributed by atoms with Crippen molar-refractivity contribution in [2.24, 2.45) is 5.92 Å². The standard InChI is InChI=1S/C13H21NO2/c1-5-7-11-8-6-9-14(10-11)12(15)16-13(2,3)4/h11H,6,8-10H2,1-4H3/t11-/m1/s1. The van der Waals surface area contributed by atoms with Crippen LogP contribution in [0.5, 0.6) is 0 Å². The van der Waals surface area contributed by atoms with Crippen LogP contribution < -0.4 is 0 Å². The Labute approximate surface area is 98.1 Å². The van der Waals surface area contributed by atoms with Gasteiger partial charge in [-0.25, -0.2) is 4.79 Å². The van der Waals surface area contributed by atoms with Crippen molar-refractivity contribution in [1.82, 2.24) is 4.90 Å². The molecule has 1 aliphatic heterocycles. The van der Waals surface area contributed by atoms with Gasteiger partial charge in [-0.1, -0.05) is 5.92 Å². The van der Waals surface area contributed by atoms with Gasteiger partial charge in [0.05, 0.1) is 0 Å². The van der Waals surface area contributed by atoms with Gasteiger partial charge in [0.2, 0.25) is 0 Å². The number of carbonyl (C=O) groups is 1. The van der Waals surface area contributed by atoms with E-state index >= 15 is 0 Å². The first-order valence-electron chi connectivity index (χ1n) is 5.82. The highest BCUT2D eigenvalue weighted by Gasteiger charge is 2.26.